The van der Waals surface area contributed by atoms with Crippen molar-refractivity contribution in [2.75, 3.05) is 0 Å². The van der Waals surface area contributed by atoms with E-state index in [4.69, 9.17) is 4.99 Å². The number of nitrogens with one attached hydrogen (secondary N) is 1. The minimum absolute atomic E-state index is 0.291. The van der Waals surface area contributed by atoms with Crippen molar-refractivity contribution in [3.8, 4) is 11.1 Å². The van der Waals surface area contributed by atoms with Crippen molar-refractivity contribution in [3.05, 3.63) is 151 Å². The largest absolute Gasteiger partial charge is 0.346 e. The van der Waals surface area contributed by atoms with Gasteiger partial charge in [0.15, 0.2) is 0 Å². The molecule has 5 aromatic carbocycles. The molecule has 3 heteroatoms. The van der Waals surface area contributed by atoms with Crippen LogP contribution in [0.25, 0.3) is 38.6 Å². The fourth-order valence-electron chi connectivity index (χ4n) is 5.27. The first-order chi connectivity index (χ1) is 18.3. The van der Waals surface area contributed by atoms with Crippen molar-refractivity contribution in [2.24, 2.45) is 4.99 Å². The Kier molecular flexibility index (Phi) is 5.18. The lowest BCUT2D eigenvalue weighted by Crippen LogP contribution is -2.29. The second kappa shape index (κ2) is 8.96. The molecule has 0 amide bonds. The summed E-state index contributed by atoms with van der Waals surface area (Å²) in [4.78, 5) is 5.24. The molecule has 0 spiro atoms. The summed E-state index contributed by atoms with van der Waals surface area (Å²) >= 11 is 0. The highest BCUT2D eigenvalue weighted by molar-refractivity contribution is 6.13. The molecule has 1 aliphatic rings. The van der Waals surface area contributed by atoms with Crippen LogP contribution in [0, 0.1) is 0 Å². The van der Waals surface area contributed by atoms with E-state index in [1.54, 1.807) is 0 Å². The van der Waals surface area contributed by atoms with Crippen LogP contribution in [0.1, 0.15) is 17.4 Å². The molecule has 7 rings (SSSR count). The Morgan fingerprint density at radius 1 is 0.514 bits per heavy atom. The first-order valence-corrected chi connectivity index (χ1v) is 12.6. The highest BCUT2D eigenvalue weighted by Crippen LogP contribution is 2.36. The molecular weight excluding hydrogens is 450 g/mol. The Morgan fingerprint density at radius 2 is 1.11 bits per heavy atom. The number of hydrogen-bond acceptors (Lipinski definition) is 2. The molecule has 0 aliphatic carbocycles. The van der Waals surface area contributed by atoms with Crippen molar-refractivity contribution in [3.63, 3.8) is 0 Å². The number of aliphatic imine (C=N–C) groups is 1. The first kappa shape index (κ1) is 21.4. The number of aromatic nitrogens is 1. The van der Waals surface area contributed by atoms with E-state index in [0.29, 0.717) is 0 Å². The van der Waals surface area contributed by atoms with Crippen molar-refractivity contribution in [1.82, 2.24) is 9.88 Å². The smallest absolute Gasteiger partial charge is 0.201 e. The number of nitrogens with zero attached hydrogens (tertiary/aromatic N) is 2. The van der Waals surface area contributed by atoms with Crippen molar-refractivity contribution in [2.45, 2.75) is 6.29 Å². The van der Waals surface area contributed by atoms with E-state index in [1.165, 1.54) is 21.9 Å². The average Bonchev–Trinajstić information content (AvgIpc) is 3.32. The molecule has 37 heavy (non-hydrogen) atoms. The highest BCUT2D eigenvalue weighted by atomic mass is 15.3. The van der Waals surface area contributed by atoms with Crippen LogP contribution in [0.15, 0.2) is 145 Å². The lowest BCUT2D eigenvalue weighted by molar-refractivity contribution is 0.508. The minimum atomic E-state index is -0.291. The fourth-order valence-corrected chi connectivity index (χ4v) is 5.27. The van der Waals surface area contributed by atoms with Crippen molar-refractivity contribution < 1.29 is 0 Å². The van der Waals surface area contributed by atoms with Gasteiger partial charge in [-0.2, -0.15) is 0 Å². The number of fused-ring (bicyclic) bond motifs is 3. The van der Waals surface area contributed by atoms with Crippen LogP contribution >= 0.6 is 0 Å². The second-order valence-corrected chi connectivity index (χ2v) is 9.31. The van der Waals surface area contributed by atoms with Gasteiger partial charge in [0.05, 0.1) is 16.7 Å². The fraction of sp³-hybridized carbons (Fsp3) is 0.0294. The van der Waals surface area contributed by atoms with E-state index in [2.05, 4.69) is 137 Å². The Labute approximate surface area is 216 Å². The third kappa shape index (κ3) is 3.82. The molecule has 0 bridgehead atoms. The number of rotatable bonds is 4. The van der Waals surface area contributed by atoms with Gasteiger partial charge in [-0.1, -0.05) is 115 Å². The summed E-state index contributed by atoms with van der Waals surface area (Å²) in [5.74, 6) is 0. The van der Waals surface area contributed by atoms with Gasteiger partial charge in [-0.15, -0.1) is 0 Å². The molecule has 3 nitrogen and oxygen atoms in total. The quantitative estimate of drug-likeness (QED) is 0.275. The predicted octanol–water partition coefficient (Wildman–Crippen LogP) is 8.05. The van der Waals surface area contributed by atoms with Gasteiger partial charge >= 0.3 is 0 Å². The van der Waals surface area contributed by atoms with Gasteiger partial charge in [0.2, 0.25) is 6.29 Å². The summed E-state index contributed by atoms with van der Waals surface area (Å²) in [6.45, 7) is 0. The van der Waals surface area contributed by atoms with Crippen molar-refractivity contribution >= 4 is 33.2 Å². The number of benzene rings is 5. The third-order valence-electron chi connectivity index (χ3n) is 7.04. The van der Waals surface area contributed by atoms with Crippen LogP contribution in [0.5, 0.6) is 0 Å². The summed E-state index contributed by atoms with van der Waals surface area (Å²) in [6.07, 6.45) is 1.86. The van der Waals surface area contributed by atoms with Gasteiger partial charge in [-0.25, -0.2) is 4.99 Å². The lowest BCUT2D eigenvalue weighted by atomic mass is 10.0. The van der Waals surface area contributed by atoms with E-state index in [9.17, 15) is 0 Å². The van der Waals surface area contributed by atoms with E-state index >= 15 is 0 Å². The second-order valence-electron chi connectivity index (χ2n) is 9.31. The average molecular weight is 476 g/mol. The monoisotopic (exact) mass is 475 g/mol. The number of hydrogen-bond donors (Lipinski definition) is 1. The maximum Gasteiger partial charge on any atom is 0.201 e. The van der Waals surface area contributed by atoms with Crippen LogP contribution in [-0.2, 0) is 0 Å². The Bertz CT molecular complexity index is 1780. The topological polar surface area (TPSA) is 29.3 Å². The van der Waals surface area contributed by atoms with Crippen LogP contribution in [0.4, 0.5) is 0 Å². The molecular formula is C34H25N3. The molecule has 1 aliphatic heterocycles. The van der Waals surface area contributed by atoms with Crippen molar-refractivity contribution in [1.29, 1.82) is 0 Å². The van der Waals surface area contributed by atoms with E-state index in [0.717, 1.165) is 33.6 Å². The Balaban J connectivity index is 1.43. The Morgan fingerprint density at radius 3 is 1.84 bits per heavy atom. The number of para-hydroxylation sites is 1. The summed E-state index contributed by atoms with van der Waals surface area (Å²) in [6, 6.07) is 46.8. The van der Waals surface area contributed by atoms with Crippen LogP contribution in [-0.4, -0.2) is 10.3 Å². The van der Waals surface area contributed by atoms with Gasteiger partial charge in [0.1, 0.15) is 0 Å². The third-order valence-corrected chi connectivity index (χ3v) is 7.04. The molecule has 1 N–H and O–H groups in total. The van der Waals surface area contributed by atoms with E-state index in [1.807, 2.05) is 12.1 Å². The molecule has 2 heterocycles. The molecule has 6 aromatic rings. The highest BCUT2D eigenvalue weighted by Gasteiger charge is 2.23. The predicted molar refractivity (Wildman–Crippen MR) is 154 cm³/mol. The zero-order valence-corrected chi connectivity index (χ0v) is 20.3. The van der Waals surface area contributed by atoms with Gasteiger partial charge in [-0.05, 0) is 46.5 Å². The summed E-state index contributed by atoms with van der Waals surface area (Å²) in [5, 5.41) is 6.19. The number of allylic oxidation sites excluding steroid dienone is 1. The minimum Gasteiger partial charge on any atom is -0.346 e. The maximum atomic E-state index is 5.24. The molecule has 176 valence electrons. The standard InChI is InChI=1S/C34H25N3/c1-4-12-24(13-5-1)27-20-21-33-29(22-27)28-18-10-11-19-32(28)37(33)34-35-30(25-14-6-2-7-15-25)23-31(36-34)26-16-8-3-9-17-26/h1-23,34-35H. The van der Waals surface area contributed by atoms with Crippen LogP contribution in [0.2, 0.25) is 0 Å². The van der Waals surface area contributed by atoms with Crippen LogP contribution in [0.3, 0.4) is 0 Å². The SMILES string of the molecule is C1=C(c2ccccc2)NC(n2c3ccccc3c3cc(-c4ccccc4)ccc32)N=C1c1ccccc1. The summed E-state index contributed by atoms with van der Waals surface area (Å²) in [7, 11) is 0. The molecule has 0 saturated heterocycles. The zero-order chi connectivity index (χ0) is 24.6. The molecule has 1 unspecified atom stereocenters. The maximum absolute atomic E-state index is 5.24. The molecule has 0 radical (unpaired) electrons. The molecule has 0 fully saturated rings. The molecule has 1 atom stereocenters. The van der Waals surface area contributed by atoms with E-state index < -0.39 is 0 Å². The normalized spacial score (nSPS) is 15.3. The van der Waals surface area contributed by atoms with Gasteiger partial charge in [0.25, 0.3) is 0 Å². The lowest BCUT2D eigenvalue weighted by Gasteiger charge is -2.27. The molecule has 1 aromatic heterocycles. The van der Waals surface area contributed by atoms with Gasteiger partial charge < -0.3 is 9.88 Å². The summed E-state index contributed by atoms with van der Waals surface area (Å²) in [5.41, 5.74) is 9.02. The summed E-state index contributed by atoms with van der Waals surface area (Å²) < 4.78 is 2.33. The van der Waals surface area contributed by atoms with E-state index in [-0.39, 0.29) is 6.29 Å². The Hall–Kier alpha value is -4.89. The first-order valence-electron chi connectivity index (χ1n) is 12.6. The van der Waals surface area contributed by atoms with Gasteiger partial charge in [0, 0.05) is 16.5 Å². The molecule has 0 saturated carbocycles. The van der Waals surface area contributed by atoms with Crippen LogP contribution < -0.4 is 5.32 Å². The zero-order valence-electron chi connectivity index (χ0n) is 20.3. The van der Waals surface area contributed by atoms with Gasteiger partial charge in [-0.3, -0.25) is 0 Å².